The summed E-state index contributed by atoms with van der Waals surface area (Å²) in [6.45, 7) is 2.86. The number of esters is 2. The van der Waals surface area contributed by atoms with Crippen LogP contribution in [0, 0.1) is 5.92 Å². The van der Waals surface area contributed by atoms with Crippen LogP contribution in [0.4, 0.5) is 13.2 Å². The molecule has 0 bridgehead atoms. The van der Waals surface area contributed by atoms with Gasteiger partial charge < -0.3 is 14.2 Å². The molecule has 1 aliphatic heterocycles. The number of halogens is 4. The van der Waals surface area contributed by atoms with Crippen LogP contribution in [0.15, 0.2) is 40.5 Å². The summed E-state index contributed by atoms with van der Waals surface area (Å²) in [7, 11) is 1.41. The number of benzene rings is 1. The van der Waals surface area contributed by atoms with Crippen LogP contribution in [-0.4, -0.2) is 50.5 Å². The van der Waals surface area contributed by atoms with Gasteiger partial charge in [0.25, 0.3) is 0 Å². The number of aliphatic imine (C=N–C) groups is 1. The number of allylic oxidation sites excluding steroid dienone is 1. The van der Waals surface area contributed by atoms with Crippen molar-refractivity contribution in [3.8, 4) is 0 Å². The Kier molecular flexibility index (Phi) is 8.64. The van der Waals surface area contributed by atoms with Crippen molar-refractivity contribution in [1.29, 1.82) is 0 Å². The Balaban J connectivity index is 2.66. The zero-order valence-electron chi connectivity index (χ0n) is 17.3. The van der Waals surface area contributed by atoms with Gasteiger partial charge in [-0.1, -0.05) is 18.2 Å². The SMILES string of the molecule is COCCOC(=O)C1=C(C)N=C(C)C(C(=O)OCCCl)C1c1ccccc1C(F)(F)F. The van der Waals surface area contributed by atoms with Crippen molar-refractivity contribution in [1.82, 2.24) is 0 Å². The van der Waals surface area contributed by atoms with Gasteiger partial charge in [0.05, 0.1) is 23.6 Å². The quantitative estimate of drug-likeness (QED) is 0.331. The fraction of sp³-hybridized carbons (Fsp3) is 0.476. The molecule has 0 aromatic heterocycles. The predicted octanol–water partition coefficient (Wildman–Crippen LogP) is 4.13. The van der Waals surface area contributed by atoms with Crippen LogP contribution in [0.2, 0.25) is 0 Å². The minimum absolute atomic E-state index is 0.0131. The van der Waals surface area contributed by atoms with Gasteiger partial charge in [-0.25, -0.2) is 4.79 Å². The number of carbonyl (C=O) groups excluding carboxylic acids is 2. The molecular weight excluding hydrogens is 439 g/mol. The van der Waals surface area contributed by atoms with Gasteiger partial charge in [-0.2, -0.15) is 13.2 Å². The molecule has 0 spiro atoms. The van der Waals surface area contributed by atoms with E-state index in [-0.39, 0.29) is 48.2 Å². The minimum atomic E-state index is -4.71. The Morgan fingerprint density at radius 2 is 1.77 bits per heavy atom. The van der Waals surface area contributed by atoms with Crippen molar-refractivity contribution in [3.63, 3.8) is 0 Å². The lowest BCUT2D eigenvalue weighted by Crippen LogP contribution is -2.37. The molecule has 2 rings (SSSR count). The fourth-order valence-electron chi connectivity index (χ4n) is 3.49. The topological polar surface area (TPSA) is 74.2 Å². The van der Waals surface area contributed by atoms with Gasteiger partial charge in [-0.3, -0.25) is 9.79 Å². The van der Waals surface area contributed by atoms with Crippen molar-refractivity contribution >= 4 is 29.3 Å². The first-order valence-electron chi connectivity index (χ1n) is 9.44. The van der Waals surface area contributed by atoms with E-state index in [1.807, 2.05) is 0 Å². The number of nitrogens with zero attached hydrogens (tertiary/aromatic N) is 1. The van der Waals surface area contributed by atoms with E-state index >= 15 is 0 Å². The van der Waals surface area contributed by atoms with Gasteiger partial charge in [-0.05, 0) is 25.5 Å². The number of rotatable bonds is 8. The van der Waals surface area contributed by atoms with Crippen LogP contribution >= 0.6 is 11.6 Å². The van der Waals surface area contributed by atoms with Gasteiger partial charge in [0.1, 0.15) is 19.1 Å². The van der Waals surface area contributed by atoms with Crippen LogP contribution in [0.25, 0.3) is 0 Å². The summed E-state index contributed by atoms with van der Waals surface area (Å²) in [5.74, 6) is -4.23. The Morgan fingerprint density at radius 1 is 1.10 bits per heavy atom. The molecule has 6 nitrogen and oxygen atoms in total. The number of hydrogen-bond acceptors (Lipinski definition) is 6. The minimum Gasteiger partial charge on any atom is -0.464 e. The molecule has 1 aliphatic rings. The second-order valence-electron chi connectivity index (χ2n) is 6.78. The highest BCUT2D eigenvalue weighted by atomic mass is 35.5. The third-order valence-electron chi connectivity index (χ3n) is 4.75. The Morgan fingerprint density at radius 3 is 2.39 bits per heavy atom. The number of ether oxygens (including phenoxy) is 3. The monoisotopic (exact) mass is 461 g/mol. The standard InChI is InChI=1S/C21H23ClF3NO5/c1-12-16(19(27)30-9-8-22)18(14-6-4-5-7-15(14)21(23,24)25)17(13(2)26-12)20(28)31-11-10-29-3/h4-7,16,18H,8-11H2,1-3H3. The summed E-state index contributed by atoms with van der Waals surface area (Å²) >= 11 is 5.58. The molecule has 0 saturated carbocycles. The average Bonchev–Trinajstić information content (AvgIpc) is 2.70. The summed E-state index contributed by atoms with van der Waals surface area (Å²) in [5, 5.41) is 0. The Hall–Kier alpha value is -2.39. The lowest BCUT2D eigenvalue weighted by molar-refractivity contribution is -0.147. The van der Waals surface area contributed by atoms with Gasteiger partial charge in [-0.15, -0.1) is 11.6 Å². The molecule has 0 amide bonds. The smallest absolute Gasteiger partial charge is 0.416 e. The summed E-state index contributed by atoms with van der Waals surface area (Å²) in [6.07, 6.45) is -4.71. The maximum Gasteiger partial charge on any atom is 0.416 e. The van der Waals surface area contributed by atoms with E-state index in [9.17, 15) is 22.8 Å². The molecule has 2 unspecified atom stereocenters. The van der Waals surface area contributed by atoms with E-state index in [0.29, 0.717) is 0 Å². The summed E-state index contributed by atoms with van der Waals surface area (Å²) < 4.78 is 56.5. The van der Waals surface area contributed by atoms with Crippen LogP contribution in [0.5, 0.6) is 0 Å². The molecule has 1 aromatic rings. The van der Waals surface area contributed by atoms with Crippen molar-refractivity contribution in [2.45, 2.75) is 25.9 Å². The van der Waals surface area contributed by atoms with E-state index < -0.39 is 35.5 Å². The lowest BCUT2D eigenvalue weighted by Gasteiger charge is -2.33. The second kappa shape index (κ2) is 10.8. The summed E-state index contributed by atoms with van der Waals surface area (Å²) in [6, 6.07) is 4.80. The first-order valence-corrected chi connectivity index (χ1v) is 9.97. The molecule has 10 heteroatoms. The van der Waals surface area contributed by atoms with E-state index in [4.69, 9.17) is 25.8 Å². The Labute approximate surface area is 183 Å². The molecule has 0 fully saturated rings. The lowest BCUT2D eigenvalue weighted by atomic mass is 9.74. The van der Waals surface area contributed by atoms with Crippen LogP contribution < -0.4 is 0 Å². The molecule has 0 aliphatic carbocycles. The van der Waals surface area contributed by atoms with Crippen molar-refractivity contribution in [2.75, 3.05) is 32.8 Å². The van der Waals surface area contributed by atoms with Crippen molar-refractivity contribution < 1.29 is 37.0 Å². The van der Waals surface area contributed by atoms with E-state index in [1.54, 1.807) is 0 Å². The van der Waals surface area contributed by atoms with Crippen molar-refractivity contribution in [2.24, 2.45) is 10.9 Å². The predicted molar refractivity (Wildman–Crippen MR) is 108 cm³/mol. The van der Waals surface area contributed by atoms with E-state index in [2.05, 4.69) is 4.99 Å². The van der Waals surface area contributed by atoms with Gasteiger partial charge in [0.2, 0.25) is 0 Å². The molecule has 2 atom stereocenters. The van der Waals surface area contributed by atoms with Gasteiger partial charge in [0.15, 0.2) is 0 Å². The van der Waals surface area contributed by atoms with Crippen molar-refractivity contribution in [3.05, 3.63) is 46.7 Å². The fourth-order valence-corrected chi connectivity index (χ4v) is 3.57. The highest BCUT2D eigenvalue weighted by Crippen LogP contribution is 2.44. The molecule has 31 heavy (non-hydrogen) atoms. The van der Waals surface area contributed by atoms with Crippen LogP contribution in [-0.2, 0) is 30.0 Å². The van der Waals surface area contributed by atoms with Gasteiger partial charge in [0, 0.05) is 24.4 Å². The maximum absolute atomic E-state index is 13.8. The molecule has 1 aromatic carbocycles. The first-order chi connectivity index (χ1) is 14.6. The highest BCUT2D eigenvalue weighted by molar-refractivity contribution is 6.18. The summed E-state index contributed by atoms with van der Waals surface area (Å²) in [4.78, 5) is 29.9. The largest absolute Gasteiger partial charge is 0.464 e. The Bertz CT molecular complexity index is 882. The molecule has 1 heterocycles. The molecule has 0 saturated heterocycles. The average molecular weight is 462 g/mol. The first kappa shape index (κ1) is 24.9. The third-order valence-corrected chi connectivity index (χ3v) is 4.90. The van der Waals surface area contributed by atoms with Crippen LogP contribution in [0.3, 0.4) is 0 Å². The number of hydrogen-bond donors (Lipinski definition) is 0. The van der Waals surface area contributed by atoms with Crippen LogP contribution in [0.1, 0.15) is 30.9 Å². The molecule has 0 N–H and O–H groups in total. The zero-order valence-corrected chi connectivity index (χ0v) is 18.0. The molecular formula is C21H23ClF3NO5. The summed E-state index contributed by atoms with van der Waals surface area (Å²) in [5.41, 5.74) is -0.933. The molecule has 170 valence electrons. The molecule has 0 radical (unpaired) electrons. The number of carbonyl (C=O) groups is 2. The van der Waals surface area contributed by atoms with Gasteiger partial charge >= 0.3 is 18.1 Å². The van der Waals surface area contributed by atoms with E-state index in [1.165, 1.54) is 39.2 Å². The highest BCUT2D eigenvalue weighted by Gasteiger charge is 2.46. The maximum atomic E-state index is 13.8. The number of methoxy groups -OCH3 is 1. The third kappa shape index (κ3) is 5.86. The second-order valence-corrected chi connectivity index (χ2v) is 7.16. The van der Waals surface area contributed by atoms with E-state index in [0.717, 1.165) is 6.07 Å². The normalized spacial score (nSPS) is 19.1. The number of alkyl halides is 4. The zero-order chi connectivity index (χ0) is 23.2.